The van der Waals surface area contributed by atoms with Gasteiger partial charge >= 0.3 is 0 Å². The van der Waals surface area contributed by atoms with Crippen LogP contribution in [0.4, 0.5) is 10.1 Å². The number of benzene rings is 2. The zero-order chi connectivity index (χ0) is 22.3. The van der Waals surface area contributed by atoms with Crippen molar-refractivity contribution < 1.29 is 23.6 Å². The fraction of sp³-hybridized carbons (Fsp3) is 0.391. The van der Waals surface area contributed by atoms with Crippen LogP contribution in [0.15, 0.2) is 36.4 Å². The molecule has 162 valence electrons. The minimum Gasteiger partial charge on any atom is -0.494 e. The Morgan fingerprint density at radius 1 is 1.17 bits per heavy atom. The third kappa shape index (κ3) is 6.29. The first-order chi connectivity index (χ1) is 14.2. The number of halogens is 1. The molecule has 2 aromatic rings. The highest BCUT2D eigenvalue weighted by molar-refractivity contribution is 5.92. The van der Waals surface area contributed by atoms with Gasteiger partial charge in [0, 0.05) is 18.8 Å². The Labute approximate surface area is 177 Å². The van der Waals surface area contributed by atoms with Gasteiger partial charge in [0.1, 0.15) is 0 Å². The highest BCUT2D eigenvalue weighted by Gasteiger charge is 2.20. The molecule has 0 bridgehead atoms. The number of carbonyl (C=O) groups excluding carboxylic acids is 2. The molecule has 0 aliphatic rings. The van der Waals surface area contributed by atoms with E-state index in [9.17, 15) is 14.0 Å². The molecule has 6 nitrogen and oxygen atoms in total. The predicted molar refractivity (Wildman–Crippen MR) is 115 cm³/mol. The smallest absolute Gasteiger partial charge is 0.279 e. The van der Waals surface area contributed by atoms with Crippen LogP contribution >= 0.6 is 0 Å². The zero-order valence-corrected chi connectivity index (χ0v) is 18.3. The number of carbonyl (C=O) groups is 2. The van der Waals surface area contributed by atoms with Gasteiger partial charge in [-0.2, -0.15) is 0 Å². The van der Waals surface area contributed by atoms with Gasteiger partial charge < -0.3 is 19.9 Å². The van der Waals surface area contributed by atoms with Crippen LogP contribution in [0.5, 0.6) is 5.75 Å². The largest absolute Gasteiger partial charge is 0.494 e. The van der Waals surface area contributed by atoms with Gasteiger partial charge in [0.2, 0.25) is 0 Å². The fourth-order valence-electron chi connectivity index (χ4n) is 3.19. The van der Waals surface area contributed by atoms with Crippen LogP contribution in [-0.4, -0.2) is 50.5 Å². The highest BCUT2D eigenvalue weighted by atomic mass is 19.1. The molecule has 0 fully saturated rings. The molecule has 0 aliphatic heterocycles. The molecule has 0 heterocycles. The first-order valence-corrected chi connectivity index (χ1v) is 10.0. The topological polar surface area (TPSA) is 63.1 Å². The van der Waals surface area contributed by atoms with Crippen molar-refractivity contribution in [3.8, 4) is 5.75 Å². The Morgan fingerprint density at radius 3 is 2.53 bits per heavy atom. The van der Waals surface area contributed by atoms with Crippen molar-refractivity contribution in [3.05, 3.63) is 58.9 Å². The first kappa shape index (κ1) is 23.3. The summed E-state index contributed by atoms with van der Waals surface area (Å²) in [7, 11) is 3.22. The second kappa shape index (κ2) is 10.7. The van der Waals surface area contributed by atoms with Crippen molar-refractivity contribution in [2.75, 3.05) is 39.1 Å². The van der Waals surface area contributed by atoms with Crippen molar-refractivity contribution in [2.45, 2.75) is 27.3 Å². The molecule has 0 aromatic heterocycles. The minimum atomic E-state index is -0.454. The number of likely N-dealkylation sites (N-methyl/N-ethyl adjacent to an activating group) is 2. The molecule has 7 heteroatoms. The number of hydrogen-bond donors (Lipinski definition) is 2. The molecule has 2 amide bonds. The fourth-order valence-corrected chi connectivity index (χ4v) is 3.19. The summed E-state index contributed by atoms with van der Waals surface area (Å²) in [5, 5.41) is 2.92. The van der Waals surface area contributed by atoms with Crippen LogP contribution in [0.3, 0.4) is 0 Å². The van der Waals surface area contributed by atoms with Gasteiger partial charge in [0.15, 0.2) is 24.7 Å². The van der Waals surface area contributed by atoms with Gasteiger partial charge in [-0.05, 0) is 55.7 Å². The first-order valence-electron chi connectivity index (χ1n) is 10.0. The molecular formula is C23H31FN3O3+. The van der Waals surface area contributed by atoms with Gasteiger partial charge in [-0.25, -0.2) is 4.39 Å². The van der Waals surface area contributed by atoms with Crippen molar-refractivity contribution in [3.63, 3.8) is 0 Å². The number of nitrogens with zero attached hydrogens (tertiary/aromatic N) is 1. The Kier molecular flexibility index (Phi) is 8.35. The number of quaternary nitrogens is 1. The summed E-state index contributed by atoms with van der Waals surface area (Å²) in [6, 6.07) is 10.4. The lowest BCUT2D eigenvalue weighted by Gasteiger charge is -2.23. The lowest BCUT2D eigenvalue weighted by molar-refractivity contribution is -0.862. The third-order valence-electron chi connectivity index (χ3n) is 5.12. The van der Waals surface area contributed by atoms with E-state index < -0.39 is 5.82 Å². The quantitative estimate of drug-likeness (QED) is 0.657. The van der Waals surface area contributed by atoms with Gasteiger partial charge in [0.05, 0.1) is 14.2 Å². The van der Waals surface area contributed by atoms with Gasteiger partial charge in [0.25, 0.3) is 11.8 Å². The van der Waals surface area contributed by atoms with E-state index in [4.69, 9.17) is 4.74 Å². The van der Waals surface area contributed by atoms with Crippen LogP contribution in [0.2, 0.25) is 0 Å². The lowest BCUT2D eigenvalue weighted by atomic mass is 10.1. The SMILES string of the molecule is CCN(Cc1ccc(OC)c(F)c1)C(=O)C[NH+](C)CC(=O)Nc1cccc(C)c1C. The summed E-state index contributed by atoms with van der Waals surface area (Å²) < 4.78 is 18.8. The number of ether oxygens (including phenoxy) is 1. The van der Waals surface area contributed by atoms with Crippen molar-refractivity contribution >= 4 is 17.5 Å². The van der Waals surface area contributed by atoms with E-state index in [2.05, 4.69) is 5.32 Å². The summed E-state index contributed by atoms with van der Waals surface area (Å²) in [6.07, 6.45) is 0. The number of methoxy groups -OCH3 is 1. The molecule has 2 aromatic carbocycles. The molecule has 0 spiro atoms. The van der Waals surface area contributed by atoms with Crippen LogP contribution in [0.25, 0.3) is 0 Å². The second-order valence-corrected chi connectivity index (χ2v) is 7.48. The highest BCUT2D eigenvalue weighted by Crippen LogP contribution is 2.19. The molecule has 1 atom stereocenters. The monoisotopic (exact) mass is 416 g/mol. The van der Waals surface area contributed by atoms with Crippen molar-refractivity contribution in [2.24, 2.45) is 0 Å². The zero-order valence-electron chi connectivity index (χ0n) is 18.3. The van der Waals surface area contributed by atoms with Gasteiger partial charge in [-0.15, -0.1) is 0 Å². The number of aryl methyl sites for hydroxylation is 1. The maximum atomic E-state index is 13.9. The Morgan fingerprint density at radius 2 is 1.90 bits per heavy atom. The maximum absolute atomic E-state index is 13.9. The number of anilines is 1. The summed E-state index contributed by atoms with van der Waals surface area (Å²) in [5.74, 6) is -0.517. The molecule has 0 saturated carbocycles. The van der Waals surface area contributed by atoms with Crippen molar-refractivity contribution in [1.82, 2.24) is 4.90 Å². The number of rotatable bonds is 9. The lowest BCUT2D eigenvalue weighted by Crippen LogP contribution is -3.11. The molecule has 1 unspecified atom stereocenters. The normalized spacial score (nSPS) is 11.7. The summed E-state index contributed by atoms with van der Waals surface area (Å²) >= 11 is 0. The molecule has 0 radical (unpaired) electrons. The maximum Gasteiger partial charge on any atom is 0.279 e. The summed E-state index contributed by atoms with van der Waals surface area (Å²) in [5.41, 5.74) is 3.62. The second-order valence-electron chi connectivity index (χ2n) is 7.48. The van der Waals surface area contributed by atoms with Gasteiger partial charge in [-0.3, -0.25) is 9.59 Å². The molecular weight excluding hydrogens is 385 g/mol. The Balaban J connectivity index is 1.91. The van der Waals surface area contributed by atoms with Crippen LogP contribution in [-0.2, 0) is 16.1 Å². The number of hydrogen-bond acceptors (Lipinski definition) is 3. The van der Waals surface area contributed by atoms with Gasteiger partial charge in [-0.1, -0.05) is 18.2 Å². The average Bonchev–Trinajstić information content (AvgIpc) is 2.69. The average molecular weight is 417 g/mol. The summed E-state index contributed by atoms with van der Waals surface area (Å²) in [4.78, 5) is 27.5. The van der Waals surface area contributed by atoms with E-state index in [1.54, 1.807) is 17.0 Å². The van der Waals surface area contributed by atoms with Crippen LogP contribution < -0.4 is 15.0 Å². The Bertz CT molecular complexity index is 901. The van der Waals surface area contributed by atoms with E-state index >= 15 is 0 Å². The third-order valence-corrected chi connectivity index (χ3v) is 5.12. The Hall–Kier alpha value is -2.93. The van der Waals surface area contributed by atoms with E-state index in [1.165, 1.54) is 13.2 Å². The molecule has 30 heavy (non-hydrogen) atoms. The van der Waals surface area contributed by atoms with E-state index in [0.717, 1.165) is 21.7 Å². The minimum absolute atomic E-state index is 0.0919. The molecule has 2 N–H and O–H groups in total. The number of nitrogens with one attached hydrogen (secondary N) is 2. The van der Waals surface area contributed by atoms with E-state index in [1.807, 2.05) is 46.0 Å². The van der Waals surface area contributed by atoms with Crippen molar-refractivity contribution in [1.29, 1.82) is 0 Å². The molecule has 2 rings (SSSR count). The van der Waals surface area contributed by atoms with E-state index in [0.29, 0.717) is 18.7 Å². The van der Waals surface area contributed by atoms with Crippen LogP contribution in [0.1, 0.15) is 23.6 Å². The molecule has 0 saturated heterocycles. The molecule has 0 aliphatic carbocycles. The standard InChI is InChI=1S/C23H30FN3O3/c1-6-27(13-18-10-11-21(30-5)19(24)12-18)23(29)15-26(4)14-22(28)25-20-9-7-8-16(2)17(20)3/h7-12H,6,13-15H2,1-5H3,(H,25,28)/p+1. The number of amides is 2. The van der Waals surface area contributed by atoms with Crippen LogP contribution in [0, 0.1) is 19.7 Å². The summed E-state index contributed by atoms with van der Waals surface area (Å²) in [6.45, 7) is 6.98. The predicted octanol–water partition coefficient (Wildman–Crippen LogP) is 1.95. The van der Waals surface area contributed by atoms with E-state index in [-0.39, 0.29) is 30.7 Å².